The molecule has 1 amide bonds. The van der Waals surface area contributed by atoms with Crippen LogP contribution in [-0.2, 0) is 4.79 Å². The fourth-order valence-electron chi connectivity index (χ4n) is 1.65. The molecule has 0 radical (unpaired) electrons. The first-order valence-corrected chi connectivity index (χ1v) is 5.97. The second-order valence-electron chi connectivity index (χ2n) is 3.92. The van der Waals surface area contributed by atoms with Gasteiger partial charge in [0.2, 0.25) is 5.91 Å². The predicted octanol–water partition coefficient (Wildman–Crippen LogP) is 2.17. The average Bonchev–Trinajstić information content (AvgIpc) is 2.40. The molecule has 2 N–H and O–H groups in total. The van der Waals surface area contributed by atoms with Gasteiger partial charge in [0.15, 0.2) is 5.82 Å². The molecule has 0 saturated carbocycles. The lowest BCUT2D eigenvalue weighted by Gasteiger charge is -2.15. The number of benzene rings is 1. The summed E-state index contributed by atoms with van der Waals surface area (Å²) in [5, 5.41) is 13.4. The molecule has 0 saturated heterocycles. The Morgan fingerprint density at radius 2 is 2.05 bits per heavy atom. The molecule has 1 heterocycles. The lowest BCUT2D eigenvalue weighted by Crippen LogP contribution is -2.12. The molecule has 0 unspecified atom stereocenters. The number of hydrogen-bond donors (Lipinski definition) is 2. The van der Waals surface area contributed by atoms with E-state index in [1.54, 1.807) is 24.3 Å². The minimum atomic E-state index is -1.05. The van der Waals surface area contributed by atoms with Crippen LogP contribution in [0.1, 0.15) is 24.4 Å². The third-order valence-electron chi connectivity index (χ3n) is 2.45. The van der Waals surface area contributed by atoms with Crippen LogP contribution in [0, 0.1) is 0 Å². The van der Waals surface area contributed by atoms with E-state index in [-0.39, 0.29) is 11.7 Å². The maximum atomic E-state index is 11.2. The van der Waals surface area contributed by atoms with Crippen LogP contribution in [0.2, 0.25) is 5.02 Å². The van der Waals surface area contributed by atoms with E-state index in [2.05, 4.69) is 15.3 Å². The van der Waals surface area contributed by atoms with Gasteiger partial charge in [0.05, 0.1) is 0 Å². The number of rotatable bonds is 3. The zero-order valence-electron chi connectivity index (χ0n) is 10.2. The number of nitrogens with zero attached hydrogens (tertiary/aromatic N) is 2. The Labute approximate surface area is 115 Å². The highest BCUT2D eigenvalue weighted by Crippen LogP contribution is 2.29. The molecule has 1 aromatic carbocycles. The van der Waals surface area contributed by atoms with Crippen LogP contribution in [0.4, 0.5) is 5.69 Å². The Balaban J connectivity index is 2.42. The number of anilines is 1. The summed E-state index contributed by atoms with van der Waals surface area (Å²) in [6.07, 6.45) is 2.02. The number of carbonyl (C=O) groups is 1. The summed E-state index contributed by atoms with van der Waals surface area (Å²) in [5.74, 6) is 0.0149. The highest BCUT2D eigenvalue weighted by Gasteiger charge is 2.18. The molecule has 1 aromatic heterocycles. The zero-order chi connectivity index (χ0) is 13.8. The Morgan fingerprint density at radius 1 is 1.37 bits per heavy atom. The van der Waals surface area contributed by atoms with Crippen molar-refractivity contribution in [2.75, 3.05) is 5.32 Å². The number of nitrogens with one attached hydrogen (secondary N) is 1. The summed E-state index contributed by atoms with van der Waals surface area (Å²) in [7, 11) is 0. The van der Waals surface area contributed by atoms with E-state index in [0.29, 0.717) is 16.3 Å². The molecule has 0 aliphatic heterocycles. The SMILES string of the molecule is CC(=O)Nc1ccc(Cl)cc1[C@H](O)c1ncccn1. The molecule has 2 rings (SSSR count). The Kier molecular flexibility index (Phi) is 4.09. The molecular formula is C13H12ClN3O2. The molecule has 98 valence electrons. The number of aromatic nitrogens is 2. The lowest BCUT2D eigenvalue weighted by atomic mass is 10.1. The quantitative estimate of drug-likeness (QED) is 0.902. The first-order chi connectivity index (χ1) is 9.08. The van der Waals surface area contributed by atoms with Crippen molar-refractivity contribution in [3.63, 3.8) is 0 Å². The van der Waals surface area contributed by atoms with E-state index in [1.165, 1.54) is 19.3 Å². The van der Waals surface area contributed by atoms with Crippen LogP contribution in [0.5, 0.6) is 0 Å². The normalized spacial score (nSPS) is 11.9. The van der Waals surface area contributed by atoms with Gasteiger partial charge >= 0.3 is 0 Å². The molecule has 6 heteroatoms. The first-order valence-electron chi connectivity index (χ1n) is 5.60. The fraction of sp³-hybridized carbons (Fsp3) is 0.154. The zero-order valence-corrected chi connectivity index (χ0v) is 10.9. The standard InChI is InChI=1S/C13H12ClN3O2/c1-8(18)17-11-4-3-9(14)7-10(11)12(19)13-15-5-2-6-16-13/h2-7,12,19H,1H3,(H,17,18)/t12-/m0/s1. The van der Waals surface area contributed by atoms with Crippen LogP contribution in [0.3, 0.4) is 0 Å². The van der Waals surface area contributed by atoms with Gasteiger partial charge in [-0.3, -0.25) is 4.79 Å². The summed E-state index contributed by atoms with van der Waals surface area (Å²) in [6.45, 7) is 1.39. The molecule has 1 atom stereocenters. The molecular weight excluding hydrogens is 266 g/mol. The van der Waals surface area contributed by atoms with Gasteiger partial charge < -0.3 is 10.4 Å². The van der Waals surface area contributed by atoms with Crippen molar-refractivity contribution < 1.29 is 9.90 Å². The molecule has 0 fully saturated rings. The van der Waals surface area contributed by atoms with Crippen molar-refractivity contribution in [3.05, 3.63) is 53.1 Å². The monoisotopic (exact) mass is 277 g/mol. The van der Waals surface area contributed by atoms with Crippen molar-refractivity contribution in [1.82, 2.24) is 9.97 Å². The number of carbonyl (C=O) groups excluding carboxylic acids is 1. The maximum absolute atomic E-state index is 11.2. The Morgan fingerprint density at radius 3 is 2.68 bits per heavy atom. The fourth-order valence-corrected chi connectivity index (χ4v) is 1.83. The van der Waals surface area contributed by atoms with Crippen molar-refractivity contribution in [3.8, 4) is 0 Å². The number of amides is 1. The molecule has 2 aromatic rings. The summed E-state index contributed by atoms with van der Waals surface area (Å²) in [6, 6.07) is 6.50. The minimum absolute atomic E-state index is 0.232. The lowest BCUT2D eigenvalue weighted by molar-refractivity contribution is -0.114. The summed E-state index contributed by atoms with van der Waals surface area (Å²) < 4.78 is 0. The van der Waals surface area contributed by atoms with Crippen LogP contribution >= 0.6 is 11.6 Å². The topological polar surface area (TPSA) is 75.1 Å². The third-order valence-corrected chi connectivity index (χ3v) is 2.68. The van der Waals surface area contributed by atoms with E-state index in [4.69, 9.17) is 11.6 Å². The molecule has 0 aliphatic carbocycles. The van der Waals surface area contributed by atoms with Gasteiger partial charge in [-0.05, 0) is 24.3 Å². The number of aliphatic hydroxyl groups excluding tert-OH is 1. The number of aliphatic hydroxyl groups is 1. The van der Waals surface area contributed by atoms with Crippen LogP contribution in [-0.4, -0.2) is 21.0 Å². The van der Waals surface area contributed by atoms with Gasteiger partial charge in [0.1, 0.15) is 6.10 Å². The highest BCUT2D eigenvalue weighted by atomic mass is 35.5. The first kappa shape index (κ1) is 13.5. The van der Waals surface area contributed by atoms with Crippen molar-refractivity contribution in [1.29, 1.82) is 0 Å². The van der Waals surface area contributed by atoms with E-state index in [0.717, 1.165) is 0 Å². The molecule has 0 spiro atoms. The van der Waals surface area contributed by atoms with Crippen molar-refractivity contribution in [2.45, 2.75) is 13.0 Å². The minimum Gasteiger partial charge on any atom is -0.380 e. The second-order valence-corrected chi connectivity index (χ2v) is 4.36. The van der Waals surface area contributed by atoms with Gasteiger partial charge in [-0.2, -0.15) is 0 Å². The van der Waals surface area contributed by atoms with Gasteiger partial charge in [0.25, 0.3) is 0 Å². The highest BCUT2D eigenvalue weighted by molar-refractivity contribution is 6.30. The number of halogens is 1. The summed E-state index contributed by atoms with van der Waals surface area (Å²) >= 11 is 5.92. The van der Waals surface area contributed by atoms with Gasteiger partial charge in [-0.15, -0.1) is 0 Å². The third kappa shape index (κ3) is 3.27. The number of hydrogen-bond acceptors (Lipinski definition) is 4. The smallest absolute Gasteiger partial charge is 0.221 e. The van der Waals surface area contributed by atoms with Crippen LogP contribution in [0.25, 0.3) is 0 Å². The van der Waals surface area contributed by atoms with Gasteiger partial charge in [-0.25, -0.2) is 9.97 Å². The molecule has 19 heavy (non-hydrogen) atoms. The second kappa shape index (κ2) is 5.77. The Bertz CT molecular complexity index is 590. The van der Waals surface area contributed by atoms with Crippen LogP contribution < -0.4 is 5.32 Å². The predicted molar refractivity (Wildman–Crippen MR) is 71.8 cm³/mol. The van der Waals surface area contributed by atoms with Crippen molar-refractivity contribution >= 4 is 23.2 Å². The van der Waals surface area contributed by atoms with E-state index in [1.807, 2.05) is 0 Å². The summed E-state index contributed by atoms with van der Waals surface area (Å²) in [4.78, 5) is 19.1. The van der Waals surface area contributed by atoms with Gasteiger partial charge in [0, 0.05) is 35.6 Å². The van der Waals surface area contributed by atoms with E-state index < -0.39 is 6.10 Å². The Hall–Kier alpha value is -1.98. The molecule has 5 nitrogen and oxygen atoms in total. The largest absolute Gasteiger partial charge is 0.380 e. The van der Waals surface area contributed by atoms with Gasteiger partial charge in [-0.1, -0.05) is 11.6 Å². The molecule has 0 bridgehead atoms. The van der Waals surface area contributed by atoms with E-state index >= 15 is 0 Å². The van der Waals surface area contributed by atoms with E-state index in [9.17, 15) is 9.90 Å². The maximum Gasteiger partial charge on any atom is 0.221 e. The molecule has 0 aliphatic rings. The van der Waals surface area contributed by atoms with Crippen molar-refractivity contribution in [2.24, 2.45) is 0 Å². The summed E-state index contributed by atoms with van der Waals surface area (Å²) in [5.41, 5.74) is 0.936. The van der Waals surface area contributed by atoms with Crippen LogP contribution in [0.15, 0.2) is 36.7 Å². The average molecular weight is 278 g/mol.